The lowest BCUT2D eigenvalue weighted by molar-refractivity contribution is -0.129. The Labute approximate surface area is 203 Å². The molecule has 0 heterocycles. The van der Waals surface area contributed by atoms with Crippen molar-refractivity contribution in [2.45, 2.75) is 118 Å². The van der Waals surface area contributed by atoms with Crippen LogP contribution in [0.5, 0.6) is 0 Å². The van der Waals surface area contributed by atoms with Crippen LogP contribution in [0.25, 0.3) is 0 Å². The molecule has 0 amide bonds. The van der Waals surface area contributed by atoms with Gasteiger partial charge >= 0.3 is 10.4 Å². The first-order valence-corrected chi connectivity index (χ1v) is 15.0. The van der Waals surface area contributed by atoms with Gasteiger partial charge in [0.05, 0.1) is 6.10 Å². The predicted molar refractivity (Wildman–Crippen MR) is 133 cm³/mol. The molecule has 0 aromatic heterocycles. The largest absolute Gasteiger partial charge is 0.394 e. The van der Waals surface area contributed by atoms with Gasteiger partial charge in [-0.3, -0.25) is 9.11 Å². The molecule has 6 heteroatoms. The first-order valence-electron chi connectivity index (χ1n) is 13.6. The lowest BCUT2D eigenvalue weighted by Gasteiger charge is -2.61. The van der Waals surface area contributed by atoms with Gasteiger partial charge in [0.2, 0.25) is 0 Å². The molecule has 0 aliphatic heterocycles. The Morgan fingerprint density at radius 2 is 1.45 bits per heavy atom. The highest BCUT2D eigenvalue weighted by atomic mass is 32.3. The van der Waals surface area contributed by atoms with Crippen molar-refractivity contribution in [3.8, 4) is 0 Å². The van der Waals surface area contributed by atoms with Gasteiger partial charge < -0.3 is 5.11 Å². The molecular weight excluding hydrogens is 436 g/mol. The van der Waals surface area contributed by atoms with E-state index < -0.39 is 10.4 Å². The van der Waals surface area contributed by atoms with Crippen molar-refractivity contribution in [3.63, 3.8) is 0 Å². The smallest absolute Gasteiger partial charge is 0.393 e. The quantitative estimate of drug-likeness (QED) is 0.371. The summed E-state index contributed by atoms with van der Waals surface area (Å²) < 4.78 is 31.6. The average Bonchev–Trinajstić information content (AvgIpc) is 3.04. The fraction of sp³-hybridized carbons (Fsp3) is 1.00. The van der Waals surface area contributed by atoms with Gasteiger partial charge in [-0.2, -0.15) is 8.42 Å². The molecule has 4 saturated carbocycles. The second-order valence-corrected chi connectivity index (χ2v) is 14.0. The lowest BCUT2D eigenvalue weighted by atomic mass is 9.44. The maximum absolute atomic E-state index is 10.3. The van der Waals surface area contributed by atoms with Crippen molar-refractivity contribution >= 4 is 10.4 Å². The highest BCUT2D eigenvalue weighted by Crippen LogP contribution is 2.68. The number of aliphatic hydroxyl groups excluding tert-OH is 1. The van der Waals surface area contributed by atoms with Crippen LogP contribution in [0, 0.1) is 52.3 Å². The zero-order chi connectivity index (χ0) is 24.6. The Hall–Kier alpha value is -0.170. The van der Waals surface area contributed by atoms with Crippen LogP contribution in [0.2, 0.25) is 0 Å². The minimum absolute atomic E-state index is 0.00830. The van der Waals surface area contributed by atoms with Gasteiger partial charge in [0.25, 0.3) is 0 Å². The third-order valence-corrected chi connectivity index (χ3v) is 10.8. The fourth-order valence-electron chi connectivity index (χ4n) is 9.26. The van der Waals surface area contributed by atoms with E-state index in [1.807, 2.05) is 0 Å². The molecule has 0 aromatic rings. The topological polar surface area (TPSA) is 94.8 Å². The van der Waals surface area contributed by atoms with E-state index >= 15 is 0 Å². The molecule has 3 N–H and O–H groups in total. The summed E-state index contributed by atoms with van der Waals surface area (Å²) in [5, 5.41) is 10.3. The van der Waals surface area contributed by atoms with E-state index in [0.717, 1.165) is 54.3 Å². The Morgan fingerprint density at radius 3 is 2.09 bits per heavy atom. The number of fused-ring (bicyclic) bond motifs is 5. The summed E-state index contributed by atoms with van der Waals surface area (Å²) in [5.41, 5.74) is 1.15. The fourth-order valence-corrected chi connectivity index (χ4v) is 9.26. The summed E-state index contributed by atoms with van der Waals surface area (Å²) in [6.45, 7) is 12.7. The number of aliphatic hydroxyl groups is 1. The van der Waals surface area contributed by atoms with Crippen molar-refractivity contribution in [2.75, 3.05) is 0 Å². The Morgan fingerprint density at radius 1 is 0.848 bits per heavy atom. The zero-order valence-corrected chi connectivity index (χ0v) is 22.5. The van der Waals surface area contributed by atoms with Crippen LogP contribution in [-0.2, 0) is 10.4 Å². The van der Waals surface area contributed by atoms with E-state index in [4.69, 9.17) is 17.5 Å². The van der Waals surface area contributed by atoms with Crippen LogP contribution in [0.15, 0.2) is 0 Å². The standard InChI is InChI=1S/C27H48O.H2O4S/c1-18(2)7-6-8-19(3)23-11-12-24-22-10-9-20-17-21(28)13-15-26(20,4)25(22)14-16-27(23,24)5;1-5(2,3)4/h18-25,28H,6-17H2,1-5H3;(H2,1,2,3,4)/t19-,20?,21+,22+,23-,24+,25+,26+,27-;/m1./s1. The van der Waals surface area contributed by atoms with E-state index in [9.17, 15) is 5.11 Å². The van der Waals surface area contributed by atoms with Crippen molar-refractivity contribution in [1.29, 1.82) is 0 Å². The van der Waals surface area contributed by atoms with E-state index in [2.05, 4.69) is 34.6 Å². The monoisotopic (exact) mass is 486 g/mol. The summed E-state index contributed by atoms with van der Waals surface area (Å²) >= 11 is 0. The molecule has 9 atom stereocenters. The molecule has 0 aromatic carbocycles. The minimum Gasteiger partial charge on any atom is -0.393 e. The summed E-state index contributed by atoms with van der Waals surface area (Å²) in [7, 11) is -4.67. The summed E-state index contributed by atoms with van der Waals surface area (Å²) in [5.74, 6) is 6.49. The van der Waals surface area contributed by atoms with Gasteiger partial charge in [0.15, 0.2) is 0 Å². The molecule has 0 saturated heterocycles. The number of hydrogen-bond acceptors (Lipinski definition) is 3. The van der Waals surface area contributed by atoms with Gasteiger partial charge in [-0.15, -0.1) is 0 Å². The van der Waals surface area contributed by atoms with Gasteiger partial charge in [-0.1, -0.05) is 53.9 Å². The molecule has 1 unspecified atom stereocenters. The second-order valence-electron chi connectivity index (χ2n) is 13.1. The van der Waals surface area contributed by atoms with E-state index in [1.54, 1.807) is 0 Å². The normalized spacial score (nSPS) is 43.7. The first kappa shape index (κ1) is 27.4. The second kappa shape index (κ2) is 10.4. The summed E-state index contributed by atoms with van der Waals surface area (Å²) in [4.78, 5) is 0. The maximum atomic E-state index is 10.3. The number of hydrogen-bond donors (Lipinski definition) is 3. The first-order chi connectivity index (χ1) is 15.3. The molecule has 0 radical (unpaired) electrons. The molecule has 4 rings (SSSR count). The summed E-state index contributed by atoms with van der Waals surface area (Å²) in [6, 6.07) is 0. The van der Waals surface area contributed by atoms with E-state index in [1.165, 1.54) is 64.2 Å². The minimum atomic E-state index is -4.67. The Balaban J connectivity index is 0.000000555. The molecule has 0 spiro atoms. The highest BCUT2D eigenvalue weighted by Gasteiger charge is 2.60. The molecule has 5 nitrogen and oxygen atoms in total. The van der Waals surface area contributed by atoms with Crippen LogP contribution < -0.4 is 0 Å². The molecule has 4 aliphatic carbocycles. The van der Waals surface area contributed by atoms with Gasteiger partial charge in [-0.05, 0) is 110 Å². The highest BCUT2D eigenvalue weighted by molar-refractivity contribution is 7.79. The molecule has 194 valence electrons. The SMILES string of the molecule is CC(C)CCC[C@@H](C)[C@H]1CC[C@H]2[C@@H]3CCC4C[C@@H](O)CC[C@]4(C)[C@H]3CC[C@]12C.O=S(=O)(O)O. The van der Waals surface area contributed by atoms with Gasteiger partial charge in [0.1, 0.15) is 0 Å². The van der Waals surface area contributed by atoms with Crippen LogP contribution in [0.3, 0.4) is 0 Å². The molecule has 4 aliphatic rings. The van der Waals surface area contributed by atoms with Crippen molar-refractivity contribution < 1.29 is 22.6 Å². The van der Waals surface area contributed by atoms with Crippen LogP contribution >= 0.6 is 0 Å². The predicted octanol–water partition coefficient (Wildman–Crippen LogP) is 6.82. The molecular formula is C27H50O5S. The van der Waals surface area contributed by atoms with E-state index in [0.29, 0.717) is 10.8 Å². The lowest BCUT2D eigenvalue weighted by Crippen LogP contribution is -2.54. The molecule has 4 fully saturated rings. The van der Waals surface area contributed by atoms with E-state index in [-0.39, 0.29) is 6.10 Å². The third kappa shape index (κ3) is 6.16. The molecule has 33 heavy (non-hydrogen) atoms. The van der Waals surface area contributed by atoms with Crippen molar-refractivity contribution in [1.82, 2.24) is 0 Å². The average molecular weight is 487 g/mol. The Bertz CT molecular complexity index is 744. The van der Waals surface area contributed by atoms with Crippen molar-refractivity contribution in [3.05, 3.63) is 0 Å². The van der Waals surface area contributed by atoms with Crippen LogP contribution in [0.4, 0.5) is 0 Å². The van der Waals surface area contributed by atoms with Gasteiger partial charge in [0, 0.05) is 0 Å². The van der Waals surface area contributed by atoms with Crippen LogP contribution in [0.1, 0.15) is 112 Å². The maximum Gasteiger partial charge on any atom is 0.394 e. The Kier molecular flexibility index (Phi) is 8.67. The van der Waals surface area contributed by atoms with Crippen molar-refractivity contribution in [2.24, 2.45) is 52.3 Å². The zero-order valence-electron chi connectivity index (χ0n) is 21.7. The third-order valence-electron chi connectivity index (χ3n) is 10.8. The van der Waals surface area contributed by atoms with Gasteiger partial charge in [-0.25, -0.2) is 0 Å². The number of rotatable bonds is 5. The summed E-state index contributed by atoms with van der Waals surface area (Å²) in [6.07, 6.45) is 16.6. The molecule has 0 bridgehead atoms. The van der Waals surface area contributed by atoms with Crippen LogP contribution in [-0.4, -0.2) is 28.7 Å².